The summed E-state index contributed by atoms with van der Waals surface area (Å²) in [5.74, 6) is 0.408. The molecular weight excluding hydrogens is 244 g/mol. The molecule has 0 atom stereocenters. The lowest BCUT2D eigenvalue weighted by Gasteiger charge is -2.07. The highest BCUT2D eigenvalue weighted by molar-refractivity contribution is 6.31. The first kappa shape index (κ1) is 11.5. The maximum atomic E-state index is 11.9. The number of nitrogens with one attached hydrogen (secondary N) is 1. The maximum Gasteiger partial charge on any atom is 0.260 e. The summed E-state index contributed by atoms with van der Waals surface area (Å²) in [5.41, 5.74) is 0.336. The number of carbonyl (C=O) groups excluding carboxylic acids is 1. The molecule has 0 spiro atoms. The Labute approximate surface area is 102 Å². The molecule has 1 aromatic heterocycles. The number of rotatable bonds is 3. The predicted octanol–water partition coefficient (Wildman–Crippen LogP) is 2.59. The molecule has 1 amide bonds. The van der Waals surface area contributed by atoms with Crippen LogP contribution in [-0.4, -0.2) is 18.2 Å². The third-order valence-electron chi connectivity index (χ3n) is 2.09. The fourth-order valence-corrected chi connectivity index (χ4v) is 1.49. The molecule has 0 aliphatic rings. The molecule has 6 heteroatoms. The first-order valence-electron chi connectivity index (χ1n) is 4.76. The largest absolute Gasteiger partial charge is 0.496 e. The third kappa shape index (κ3) is 2.57. The van der Waals surface area contributed by atoms with Crippen LogP contribution in [0.4, 0.5) is 5.82 Å². The van der Waals surface area contributed by atoms with E-state index in [1.165, 1.54) is 25.5 Å². The minimum atomic E-state index is -0.363. The first-order valence-corrected chi connectivity index (χ1v) is 5.14. The number of nitrogens with zero attached hydrogens (tertiary/aromatic N) is 1. The van der Waals surface area contributed by atoms with Gasteiger partial charge in [-0.2, -0.15) is 0 Å². The number of halogens is 1. The Morgan fingerprint density at radius 3 is 2.94 bits per heavy atom. The van der Waals surface area contributed by atoms with Crippen LogP contribution in [0.2, 0.25) is 5.02 Å². The van der Waals surface area contributed by atoms with Gasteiger partial charge in [-0.05, 0) is 18.2 Å². The van der Waals surface area contributed by atoms with E-state index in [2.05, 4.69) is 15.0 Å². The van der Waals surface area contributed by atoms with Crippen molar-refractivity contribution in [2.75, 3.05) is 12.4 Å². The maximum absolute atomic E-state index is 11.9. The summed E-state index contributed by atoms with van der Waals surface area (Å²) >= 11 is 5.83. The molecular formula is C11H9ClN2O3. The lowest BCUT2D eigenvalue weighted by atomic mass is 10.2. The fraction of sp³-hybridized carbons (Fsp3) is 0.0909. The number of ether oxygens (including phenoxy) is 1. The molecule has 0 radical (unpaired) electrons. The van der Waals surface area contributed by atoms with Gasteiger partial charge in [-0.3, -0.25) is 4.79 Å². The number of hydrogen-bond acceptors (Lipinski definition) is 4. The zero-order valence-corrected chi connectivity index (χ0v) is 9.69. The molecule has 0 saturated carbocycles. The fourth-order valence-electron chi connectivity index (χ4n) is 1.32. The molecule has 0 aliphatic heterocycles. The Morgan fingerprint density at radius 1 is 1.47 bits per heavy atom. The van der Waals surface area contributed by atoms with Crippen molar-refractivity contribution in [3.63, 3.8) is 0 Å². The molecule has 0 saturated heterocycles. The molecule has 2 aromatic rings. The van der Waals surface area contributed by atoms with Crippen molar-refractivity contribution in [1.29, 1.82) is 0 Å². The smallest absolute Gasteiger partial charge is 0.260 e. The van der Waals surface area contributed by atoms with E-state index < -0.39 is 0 Å². The second kappa shape index (κ2) is 4.88. The number of hydrogen-bond donors (Lipinski definition) is 1. The van der Waals surface area contributed by atoms with Gasteiger partial charge in [-0.25, -0.2) is 0 Å². The normalized spacial score (nSPS) is 10.0. The Hall–Kier alpha value is -2.01. The Kier molecular flexibility index (Phi) is 3.30. The molecule has 1 aromatic carbocycles. The zero-order valence-electron chi connectivity index (χ0n) is 8.94. The van der Waals surface area contributed by atoms with Gasteiger partial charge in [0, 0.05) is 11.1 Å². The summed E-state index contributed by atoms with van der Waals surface area (Å²) in [7, 11) is 1.48. The van der Waals surface area contributed by atoms with Crippen LogP contribution in [0.5, 0.6) is 5.75 Å². The minimum Gasteiger partial charge on any atom is -0.496 e. The molecule has 17 heavy (non-hydrogen) atoms. The highest BCUT2D eigenvalue weighted by Crippen LogP contribution is 2.23. The van der Waals surface area contributed by atoms with Crippen LogP contribution >= 0.6 is 11.6 Å². The minimum absolute atomic E-state index is 0.331. The number of carbonyl (C=O) groups is 1. The van der Waals surface area contributed by atoms with E-state index in [9.17, 15) is 4.79 Å². The molecule has 88 valence electrons. The topological polar surface area (TPSA) is 64.4 Å². The second-order valence-corrected chi connectivity index (χ2v) is 3.62. The van der Waals surface area contributed by atoms with Gasteiger partial charge >= 0.3 is 0 Å². The summed E-state index contributed by atoms with van der Waals surface area (Å²) in [6.45, 7) is 0. The van der Waals surface area contributed by atoms with Crippen LogP contribution in [0.15, 0.2) is 35.1 Å². The van der Waals surface area contributed by atoms with Crippen LogP contribution in [0.3, 0.4) is 0 Å². The number of benzene rings is 1. The lowest BCUT2D eigenvalue weighted by molar-refractivity contribution is 0.102. The van der Waals surface area contributed by atoms with Gasteiger partial charge in [-0.1, -0.05) is 16.8 Å². The van der Waals surface area contributed by atoms with Gasteiger partial charge in [0.05, 0.1) is 12.7 Å². The molecule has 0 unspecified atom stereocenters. The second-order valence-electron chi connectivity index (χ2n) is 3.18. The summed E-state index contributed by atoms with van der Waals surface area (Å²) in [5, 5.41) is 6.59. The SMILES string of the molecule is COc1ccc(Cl)cc1C(=O)Nc1ccon1. The van der Waals surface area contributed by atoms with E-state index in [1.807, 2.05) is 0 Å². The Morgan fingerprint density at radius 2 is 2.29 bits per heavy atom. The van der Waals surface area contributed by atoms with Crippen molar-refractivity contribution in [3.05, 3.63) is 41.1 Å². The van der Waals surface area contributed by atoms with Crippen molar-refractivity contribution in [3.8, 4) is 5.75 Å². The van der Waals surface area contributed by atoms with E-state index >= 15 is 0 Å². The van der Waals surface area contributed by atoms with Crippen LogP contribution in [0.1, 0.15) is 10.4 Å². The first-order chi connectivity index (χ1) is 8.20. The van der Waals surface area contributed by atoms with Crippen LogP contribution in [0.25, 0.3) is 0 Å². The van der Waals surface area contributed by atoms with Crippen molar-refractivity contribution in [2.45, 2.75) is 0 Å². The van der Waals surface area contributed by atoms with E-state index in [1.54, 1.807) is 12.1 Å². The number of anilines is 1. The van der Waals surface area contributed by atoms with Crippen molar-refractivity contribution >= 4 is 23.3 Å². The molecule has 0 fully saturated rings. The molecule has 0 bridgehead atoms. The van der Waals surface area contributed by atoms with Gasteiger partial charge in [0.2, 0.25) is 0 Å². The molecule has 1 N–H and O–H groups in total. The third-order valence-corrected chi connectivity index (χ3v) is 2.32. The van der Waals surface area contributed by atoms with Crippen molar-refractivity contribution in [2.24, 2.45) is 0 Å². The molecule has 5 nitrogen and oxygen atoms in total. The Bertz CT molecular complexity index is 526. The van der Waals surface area contributed by atoms with Gasteiger partial charge in [-0.15, -0.1) is 0 Å². The van der Waals surface area contributed by atoms with Crippen molar-refractivity contribution in [1.82, 2.24) is 5.16 Å². The van der Waals surface area contributed by atoms with Crippen LogP contribution in [0, 0.1) is 0 Å². The summed E-state index contributed by atoms with van der Waals surface area (Å²) in [4.78, 5) is 11.9. The van der Waals surface area contributed by atoms with Gasteiger partial charge in [0.25, 0.3) is 5.91 Å². The molecule has 0 aliphatic carbocycles. The highest BCUT2D eigenvalue weighted by Gasteiger charge is 2.13. The summed E-state index contributed by atoms with van der Waals surface area (Å²) in [6.07, 6.45) is 1.37. The standard InChI is InChI=1S/C11H9ClN2O3/c1-16-9-3-2-7(12)6-8(9)11(15)13-10-4-5-17-14-10/h2-6H,1H3,(H,13,14,15). The lowest BCUT2D eigenvalue weighted by Crippen LogP contribution is -2.13. The summed E-state index contributed by atoms with van der Waals surface area (Å²) in [6, 6.07) is 6.33. The van der Waals surface area contributed by atoms with Gasteiger partial charge < -0.3 is 14.6 Å². The van der Waals surface area contributed by atoms with E-state index in [-0.39, 0.29) is 5.91 Å². The zero-order chi connectivity index (χ0) is 12.3. The number of methoxy groups -OCH3 is 1. The Balaban J connectivity index is 2.26. The van der Waals surface area contributed by atoms with E-state index in [0.29, 0.717) is 22.2 Å². The average molecular weight is 253 g/mol. The van der Waals surface area contributed by atoms with E-state index in [0.717, 1.165) is 0 Å². The molecule has 1 heterocycles. The van der Waals surface area contributed by atoms with Gasteiger partial charge in [0.15, 0.2) is 5.82 Å². The van der Waals surface area contributed by atoms with Crippen LogP contribution in [-0.2, 0) is 0 Å². The molecule has 2 rings (SSSR count). The monoisotopic (exact) mass is 252 g/mol. The van der Waals surface area contributed by atoms with Crippen molar-refractivity contribution < 1.29 is 14.1 Å². The van der Waals surface area contributed by atoms with Gasteiger partial charge in [0.1, 0.15) is 12.0 Å². The summed E-state index contributed by atoms with van der Waals surface area (Å²) < 4.78 is 9.69. The number of amides is 1. The van der Waals surface area contributed by atoms with Crippen LogP contribution < -0.4 is 10.1 Å². The highest BCUT2D eigenvalue weighted by atomic mass is 35.5. The quantitative estimate of drug-likeness (QED) is 0.912. The predicted molar refractivity (Wildman–Crippen MR) is 62.5 cm³/mol. The number of aromatic nitrogens is 1. The average Bonchev–Trinajstić information content (AvgIpc) is 2.81. The van der Waals surface area contributed by atoms with E-state index in [4.69, 9.17) is 16.3 Å².